The number of carbonyl (C=O) groups is 2. The minimum absolute atomic E-state index is 0.0455. The Morgan fingerprint density at radius 2 is 2.19 bits per heavy atom. The van der Waals surface area contributed by atoms with Gasteiger partial charge in [0.05, 0.1) is 4.88 Å². The van der Waals surface area contributed by atoms with Gasteiger partial charge in [0.2, 0.25) is 5.91 Å². The van der Waals surface area contributed by atoms with E-state index in [9.17, 15) is 9.59 Å². The maximum Gasteiger partial charge on any atom is 0.261 e. The molecular weight excluding hydrogens is 284 g/mol. The summed E-state index contributed by atoms with van der Waals surface area (Å²) in [5.74, 6) is 0.0309. The molecule has 0 spiro atoms. The lowest BCUT2D eigenvalue weighted by molar-refractivity contribution is -0.116. The lowest BCUT2D eigenvalue weighted by atomic mass is 10.1. The minimum atomic E-state index is -0.0455. The summed E-state index contributed by atoms with van der Waals surface area (Å²) >= 11 is 1.43. The van der Waals surface area contributed by atoms with Gasteiger partial charge in [-0.2, -0.15) is 0 Å². The lowest BCUT2D eigenvalue weighted by Crippen LogP contribution is -2.25. The first-order chi connectivity index (χ1) is 10.1. The molecular formula is C16H16N2O2S. The maximum absolute atomic E-state index is 11.9. The predicted molar refractivity (Wildman–Crippen MR) is 83.7 cm³/mol. The van der Waals surface area contributed by atoms with Crippen LogP contribution in [0.4, 0.5) is 5.69 Å². The van der Waals surface area contributed by atoms with Crippen molar-refractivity contribution in [3.63, 3.8) is 0 Å². The van der Waals surface area contributed by atoms with Crippen LogP contribution in [0.1, 0.15) is 27.7 Å². The summed E-state index contributed by atoms with van der Waals surface area (Å²) in [7, 11) is 0. The second-order valence-corrected chi connectivity index (χ2v) is 5.99. The fourth-order valence-corrected chi connectivity index (χ4v) is 3.21. The molecule has 1 aromatic carbocycles. The monoisotopic (exact) mass is 300 g/mol. The van der Waals surface area contributed by atoms with Crippen LogP contribution in [0.2, 0.25) is 0 Å². The highest BCUT2D eigenvalue weighted by molar-refractivity contribution is 7.12. The van der Waals surface area contributed by atoms with Crippen molar-refractivity contribution >= 4 is 28.8 Å². The van der Waals surface area contributed by atoms with Gasteiger partial charge in [0.25, 0.3) is 5.91 Å². The molecule has 4 nitrogen and oxygen atoms in total. The first-order valence-corrected chi connectivity index (χ1v) is 7.75. The number of anilines is 1. The number of nitrogens with zero attached hydrogens (tertiary/aromatic N) is 1. The van der Waals surface area contributed by atoms with E-state index in [0.717, 1.165) is 29.1 Å². The highest BCUT2D eigenvalue weighted by atomic mass is 32.1. The number of nitrogens with one attached hydrogen (secondary N) is 1. The van der Waals surface area contributed by atoms with Gasteiger partial charge < -0.3 is 10.2 Å². The first kappa shape index (κ1) is 13.8. The van der Waals surface area contributed by atoms with Crippen LogP contribution in [0.3, 0.4) is 0 Å². The van der Waals surface area contributed by atoms with Gasteiger partial charge >= 0.3 is 0 Å². The second-order valence-electron chi connectivity index (χ2n) is 5.04. The molecule has 2 heterocycles. The summed E-state index contributed by atoms with van der Waals surface area (Å²) in [6, 6.07) is 9.69. The molecule has 0 aliphatic carbocycles. The number of hydrogen-bond donors (Lipinski definition) is 1. The number of fused-ring (bicyclic) bond motifs is 1. The van der Waals surface area contributed by atoms with Crippen LogP contribution in [0.25, 0.3) is 0 Å². The molecule has 2 aromatic rings. The molecule has 21 heavy (non-hydrogen) atoms. The van der Waals surface area contributed by atoms with Crippen LogP contribution in [-0.4, -0.2) is 18.4 Å². The summed E-state index contributed by atoms with van der Waals surface area (Å²) < 4.78 is 0. The third kappa shape index (κ3) is 2.83. The molecule has 1 aliphatic heterocycles. The molecule has 3 rings (SSSR count). The molecule has 0 bridgehead atoms. The van der Waals surface area contributed by atoms with Crippen molar-refractivity contribution in [2.75, 3.05) is 11.4 Å². The molecule has 5 heteroatoms. The lowest BCUT2D eigenvalue weighted by Gasteiger charge is -2.15. The van der Waals surface area contributed by atoms with E-state index >= 15 is 0 Å². The normalized spacial score (nSPS) is 13.1. The summed E-state index contributed by atoms with van der Waals surface area (Å²) in [6.45, 7) is 2.84. The maximum atomic E-state index is 11.9. The number of carbonyl (C=O) groups excluding carboxylic acids is 2. The van der Waals surface area contributed by atoms with E-state index in [0.29, 0.717) is 6.54 Å². The molecule has 108 valence electrons. The molecule has 0 fully saturated rings. The van der Waals surface area contributed by atoms with Crippen LogP contribution in [0.5, 0.6) is 0 Å². The van der Waals surface area contributed by atoms with Gasteiger partial charge in [0.15, 0.2) is 0 Å². The zero-order valence-corrected chi connectivity index (χ0v) is 12.6. The van der Waals surface area contributed by atoms with Gasteiger partial charge in [0, 0.05) is 25.7 Å². The third-order valence-electron chi connectivity index (χ3n) is 3.62. The Hall–Kier alpha value is -2.14. The van der Waals surface area contributed by atoms with Crippen molar-refractivity contribution in [1.82, 2.24) is 5.32 Å². The van der Waals surface area contributed by atoms with E-state index in [-0.39, 0.29) is 11.8 Å². The van der Waals surface area contributed by atoms with E-state index in [1.165, 1.54) is 16.9 Å². The molecule has 0 saturated carbocycles. The van der Waals surface area contributed by atoms with E-state index in [4.69, 9.17) is 0 Å². The van der Waals surface area contributed by atoms with Crippen molar-refractivity contribution in [3.05, 3.63) is 51.7 Å². The van der Waals surface area contributed by atoms with Crippen molar-refractivity contribution in [2.45, 2.75) is 19.9 Å². The summed E-state index contributed by atoms with van der Waals surface area (Å²) in [5, 5.41) is 4.81. The average molecular weight is 300 g/mol. The van der Waals surface area contributed by atoms with Crippen molar-refractivity contribution < 1.29 is 9.59 Å². The SMILES string of the molecule is CC(=O)N1CCc2cc(CNC(=O)c3cccs3)ccc21. The first-order valence-electron chi connectivity index (χ1n) is 6.87. The Morgan fingerprint density at radius 1 is 1.33 bits per heavy atom. The van der Waals surface area contributed by atoms with Crippen molar-refractivity contribution in [3.8, 4) is 0 Å². The number of benzene rings is 1. The average Bonchev–Trinajstić information content (AvgIpc) is 3.13. The zero-order chi connectivity index (χ0) is 14.8. The Kier molecular flexibility index (Phi) is 3.75. The fraction of sp³-hybridized carbons (Fsp3) is 0.250. The summed E-state index contributed by atoms with van der Waals surface area (Å²) in [6.07, 6.45) is 0.877. The molecule has 0 radical (unpaired) electrons. The molecule has 0 unspecified atom stereocenters. The van der Waals surface area contributed by atoms with Crippen LogP contribution in [0.15, 0.2) is 35.7 Å². The quantitative estimate of drug-likeness (QED) is 0.947. The van der Waals surface area contributed by atoms with Crippen molar-refractivity contribution in [1.29, 1.82) is 0 Å². The fourth-order valence-electron chi connectivity index (χ4n) is 2.57. The molecule has 0 saturated heterocycles. The largest absolute Gasteiger partial charge is 0.347 e. The Bertz CT molecular complexity index is 680. The molecule has 0 atom stereocenters. The number of rotatable bonds is 3. The van der Waals surface area contributed by atoms with Gasteiger partial charge in [-0.3, -0.25) is 9.59 Å². The Balaban J connectivity index is 1.68. The number of thiophene rings is 1. The van der Waals surface area contributed by atoms with Gasteiger partial charge in [0.1, 0.15) is 0 Å². The Labute approximate surface area is 127 Å². The summed E-state index contributed by atoms with van der Waals surface area (Å²) in [4.78, 5) is 25.9. The molecule has 1 N–H and O–H groups in total. The minimum Gasteiger partial charge on any atom is -0.347 e. The third-order valence-corrected chi connectivity index (χ3v) is 4.49. The highest BCUT2D eigenvalue weighted by Gasteiger charge is 2.22. The van der Waals surface area contributed by atoms with E-state index < -0.39 is 0 Å². The van der Waals surface area contributed by atoms with E-state index in [2.05, 4.69) is 11.4 Å². The predicted octanol–water partition coefficient (Wildman–Crippen LogP) is 2.59. The van der Waals surface area contributed by atoms with Crippen LogP contribution < -0.4 is 10.2 Å². The Morgan fingerprint density at radius 3 is 2.90 bits per heavy atom. The van der Waals surface area contributed by atoms with E-state index in [1.807, 2.05) is 29.6 Å². The van der Waals surface area contributed by atoms with Crippen molar-refractivity contribution in [2.24, 2.45) is 0 Å². The smallest absolute Gasteiger partial charge is 0.261 e. The van der Waals surface area contributed by atoms with Crippen LogP contribution in [0, 0.1) is 0 Å². The standard InChI is InChI=1S/C16H16N2O2S/c1-11(19)18-7-6-13-9-12(4-5-14(13)18)10-17-16(20)15-3-2-8-21-15/h2-5,8-9H,6-7,10H2,1H3,(H,17,20). The van der Waals surface area contributed by atoms with Gasteiger partial charge in [-0.1, -0.05) is 18.2 Å². The highest BCUT2D eigenvalue weighted by Crippen LogP contribution is 2.28. The van der Waals surface area contributed by atoms with Crippen LogP contribution in [-0.2, 0) is 17.8 Å². The van der Waals surface area contributed by atoms with Crippen LogP contribution >= 0.6 is 11.3 Å². The molecule has 2 amide bonds. The molecule has 1 aromatic heterocycles. The number of amides is 2. The zero-order valence-electron chi connectivity index (χ0n) is 11.8. The topological polar surface area (TPSA) is 49.4 Å². The van der Waals surface area contributed by atoms with Gasteiger partial charge in [-0.15, -0.1) is 11.3 Å². The second kappa shape index (κ2) is 5.69. The van der Waals surface area contributed by atoms with Gasteiger partial charge in [-0.05, 0) is 35.1 Å². The van der Waals surface area contributed by atoms with E-state index in [1.54, 1.807) is 11.8 Å². The molecule has 1 aliphatic rings. The van der Waals surface area contributed by atoms with Gasteiger partial charge in [-0.25, -0.2) is 0 Å². The summed E-state index contributed by atoms with van der Waals surface area (Å²) in [5.41, 5.74) is 3.23. The number of hydrogen-bond acceptors (Lipinski definition) is 3.